The summed E-state index contributed by atoms with van der Waals surface area (Å²) in [7, 11) is 1.84. The van der Waals surface area contributed by atoms with Crippen molar-refractivity contribution in [1.29, 1.82) is 5.26 Å². The summed E-state index contributed by atoms with van der Waals surface area (Å²) >= 11 is 0. The molecule has 0 aliphatic rings. The van der Waals surface area contributed by atoms with E-state index in [1.54, 1.807) is 17.1 Å². The maximum absolute atomic E-state index is 8.77. The summed E-state index contributed by atoms with van der Waals surface area (Å²) in [6, 6.07) is 2.23. The molecule has 4 heteroatoms. The zero-order valence-electron chi connectivity index (χ0n) is 8.82. The van der Waals surface area contributed by atoms with Gasteiger partial charge in [-0.15, -0.1) is 0 Å². The molecule has 0 aliphatic carbocycles. The van der Waals surface area contributed by atoms with Gasteiger partial charge in [-0.25, -0.2) is 0 Å². The molecule has 0 aliphatic heterocycles. The van der Waals surface area contributed by atoms with Crippen LogP contribution in [-0.2, 0) is 7.05 Å². The molecule has 0 N–H and O–H groups in total. The van der Waals surface area contributed by atoms with Gasteiger partial charge in [-0.3, -0.25) is 4.68 Å². The van der Waals surface area contributed by atoms with Gasteiger partial charge in [0, 0.05) is 7.05 Å². The third-order valence-corrected chi connectivity index (χ3v) is 1.98. The Hall–Kier alpha value is -1.50. The highest BCUT2D eigenvalue weighted by Crippen LogP contribution is 2.19. The molecule has 76 valence electrons. The van der Waals surface area contributed by atoms with Gasteiger partial charge in [-0.05, 0) is 20.3 Å². The van der Waals surface area contributed by atoms with Crippen LogP contribution >= 0.6 is 0 Å². The molecule has 0 radical (unpaired) electrons. The summed E-state index contributed by atoms with van der Waals surface area (Å²) in [5, 5.41) is 12.8. The van der Waals surface area contributed by atoms with E-state index in [9.17, 15) is 0 Å². The van der Waals surface area contributed by atoms with E-state index in [-0.39, 0.29) is 5.41 Å². The molecule has 0 unspecified atom stereocenters. The van der Waals surface area contributed by atoms with Gasteiger partial charge in [0.15, 0.2) is 5.75 Å². The van der Waals surface area contributed by atoms with Crippen LogP contribution in [0.25, 0.3) is 0 Å². The first kappa shape index (κ1) is 10.6. The van der Waals surface area contributed by atoms with Crippen molar-refractivity contribution in [3.8, 4) is 11.8 Å². The first-order valence-electron chi connectivity index (χ1n) is 4.56. The van der Waals surface area contributed by atoms with Crippen LogP contribution in [0.1, 0.15) is 20.3 Å². The fourth-order valence-corrected chi connectivity index (χ4v) is 0.953. The lowest BCUT2D eigenvalue weighted by atomic mass is 9.92. The normalized spacial score (nSPS) is 11.0. The Morgan fingerprint density at radius 1 is 1.64 bits per heavy atom. The van der Waals surface area contributed by atoms with Crippen molar-refractivity contribution < 1.29 is 4.74 Å². The van der Waals surface area contributed by atoms with E-state index in [4.69, 9.17) is 10.00 Å². The number of aryl methyl sites for hydroxylation is 1. The highest BCUT2D eigenvalue weighted by molar-refractivity contribution is 5.11. The van der Waals surface area contributed by atoms with Gasteiger partial charge in [0.05, 0.1) is 30.5 Å². The number of aromatic nitrogens is 2. The highest BCUT2D eigenvalue weighted by atomic mass is 16.5. The van der Waals surface area contributed by atoms with Crippen LogP contribution in [-0.4, -0.2) is 16.4 Å². The summed E-state index contributed by atoms with van der Waals surface area (Å²) in [6.07, 6.45) is 4.19. The average Bonchev–Trinajstić information content (AvgIpc) is 2.51. The van der Waals surface area contributed by atoms with Crippen LogP contribution in [0.2, 0.25) is 0 Å². The van der Waals surface area contributed by atoms with Gasteiger partial charge in [0.2, 0.25) is 0 Å². The fourth-order valence-electron chi connectivity index (χ4n) is 0.953. The number of hydrogen-bond acceptors (Lipinski definition) is 3. The van der Waals surface area contributed by atoms with Gasteiger partial charge in [0.25, 0.3) is 0 Å². The molecule has 0 spiro atoms. The van der Waals surface area contributed by atoms with Crippen LogP contribution in [0.15, 0.2) is 12.4 Å². The van der Waals surface area contributed by atoms with Crippen LogP contribution < -0.4 is 4.74 Å². The number of rotatable bonds is 4. The molecule has 0 bridgehead atoms. The minimum absolute atomic E-state index is 0.317. The Morgan fingerprint density at radius 3 is 2.86 bits per heavy atom. The number of hydrogen-bond donors (Lipinski definition) is 0. The topological polar surface area (TPSA) is 50.8 Å². The maximum Gasteiger partial charge on any atom is 0.157 e. The molecule has 0 aromatic carbocycles. The van der Waals surface area contributed by atoms with E-state index in [1.807, 2.05) is 20.9 Å². The Bertz CT molecular complexity index is 335. The molecule has 0 saturated carbocycles. The second-order valence-electron chi connectivity index (χ2n) is 3.94. The largest absolute Gasteiger partial charge is 0.490 e. The molecule has 0 fully saturated rings. The van der Waals surface area contributed by atoms with Crippen LogP contribution in [0, 0.1) is 16.7 Å². The Kier molecular flexibility index (Phi) is 3.13. The van der Waals surface area contributed by atoms with Crippen LogP contribution in [0.5, 0.6) is 5.75 Å². The van der Waals surface area contributed by atoms with Gasteiger partial charge in [0.1, 0.15) is 0 Å². The van der Waals surface area contributed by atoms with Crippen molar-refractivity contribution in [1.82, 2.24) is 9.78 Å². The first-order chi connectivity index (χ1) is 6.53. The van der Waals surface area contributed by atoms with Crippen LogP contribution in [0.3, 0.4) is 0 Å². The molecule has 1 aromatic rings. The molecule has 0 amide bonds. The molecule has 1 rings (SSSR count). The van der Waals surface area contributed by atoms with Crippen molar-refractivity contribution in [3.63, 3.8) is 0 Å². The Morgan fingerprint density at radius 2 is 2.36 bits per heavy atom. The molecule has 1 heterocycles. The smallest absolute Gasteiger partial charge is 0.157 e. The second kappa shape index (κ2) is 4.14. The van der Waals surface area contributed by atoms with E-state index in [2.05, 4.69) is 11.2 Å². The van der Waals surface area contributed by atoms with Crippen molar-refractivity contribution >= 4 is 0 Å². The fraction of sp³-hybridized carbons (Fsp3) is 0.600. The summed E-state index contributed by atoms with van der Waals surface area (Å²) in [5.74, 6) is 0.751. The molecule has 4 nitrogen and oxygen atoms in total. The summed E-state index contributed by atoms with van der Waals surface area (Å²) < 4.78 is 7.12. The Labute approximate surface area is 84.1 Å². The van der Waals surface area contributed by atoms with E-state index in [0.717, 1.165) is 12.2 Å². The van der Waals surface area contributed by atoms with Gasteiger partial charge < -0.3 is 4.74 Å². The zero-order chi connectivity index (χ0) is 10.6. The average molecular weight is 193 g/mol. The predicted octanol–water partition coefficient (Wildman–Crippen LogP) is 1.74. The van der Waals surface area contributed by atoms with Crippen molar-refractivity contribution in [2.45, 2.75) is 20.3 Å². The van der Waals surface area contributed by atoms with E-state index in [0.29, 0.717) is 6.61 Å². The zero-order valence-corrected chi connectivity index (χ0v) is 8.82. The van der Waals surface area contributed by atoms with Crippen LogP contribution in [0.4, 0.5) is 0 Å². The van der Waals surface area contributed by atoms with Crippen molar-refractivity contribution in [2.24, 2.45) is 12.5 Å². The standard InChI is InChI=1S/C10H15N3O/c1-10(2,8-11)4-5-14-9-6-12-13(3)7-9/h6-7H,4-5H2,1-3H3. The maximum atomic E-state index is 8.77. The number of nitrogens with zero attached hydrogens (tertiary/aromatic N) is 3. The lowest BCUT2D eigenvalue weighted by molar-refractivity contribution is 0.264. The first-order valence-corrected chi connectivity index (χ1v) is 4.56. The quantitative estimate of drug-likeness (QED) is 0.731. The highest BCUT2D eigenvalue weighted by Gasteiger charge is 2.16. The van der Waals surface area contributed by atoms with Gasteiger partial charge in [-0.2, -0.15) is 10.4 Å². The van der Waals surface area contributed by atoms with E-state index in [1.165, 1.54) is 0 Å². The minimum Gasteiger partial charge on any atom is -0.490 e. The van der Waals surface area contributed by atoms with E-state index < -0.39 is 0 Å². The predicted molar refractivity (Wildman–Crippen MR) is 52.7 cm³/mol. The van der Waals surface area contributed by atoms with Crippen molar-refractivity contribution in [3.05, 3.63) is 12.4 Å². The van der Waals surface area contributed by atoms with E-state index >= 15 is 0 Å². The molecule has 0 atom stereocenters. The molecular formula is C10H15N3O. The second-order valence-corrected chi connectivity index (χ2v) is 3.94. The van der Waals surface area contributed by atoms with Gasteiger partial charge in [-0.1, -0.05) is 0 Å². The SMILES string of the molecule is Cn1cc(OCCC(C)(C)C#N)cn1. The Balaban J connectivity index is 2.33. The third kappa shape index (κ3) is 3.09. The molecule has 0 saturated heterocycles. The summed E-state index contributed by atoms with van der Waals surface area (Å²) in [6.45, 7) is 4.35. The lowest BCUT2D eigenvalue weighted by Crippen LogP contribution is -2.12. The van der Waals surface area contributed by atoms with Crippen molar-refractivity contribution in [2.75, 3.05) is 6.61 Å². The lowest BCUT2D eigenvalue weighted by Gasteiger charge is -2.14. The van der Waals surface area contributed by atoms with Gasteiger partial charge >= 0.3 is 0 Å². The minimum atomic E-state index is -0.317. The third-order valence-electron chi connectivity index (χ3n) is 1.98. The number of nitriles is 1. The monoisotopic (exact) mass is 193 g/mol. The number of ether oxygens (including phenoxy) is 1. The molecule has 14 heavy (non-hydrogen) atoms. The molecule has 1 aromatic heterocycles. The summed E-state index contributed by atoms with van der Waals surface area (Å²) in [5.41, 5.74) is -0.317. The summed E-state index contributed by atoms with van der Waals surface area (Å²) in [4.78, 5) is 0. The molecular weight excluding hydrogens is 178 g/mol.